The molecule has 1 aliphatic carbocycles. The molecule has 0 radical (unpaired) electrons. The molecule has 0 bridgehead atoms. The average molecular weight is 327 g/mol. The van der Waals surface area contributed by atoms with Crippen molar-refractivity contribution in [2.24, 2.45) is 4.99 Å². The van der Waals surface area contributed by atoms with Gasteiger partial charge in [0.15, 0.2) is 5.78 Å². The molecule has 1 aromatic carbocycles. The van der Waals surface area contributed by atoms with Gasteiger partial charge in [0.1, 0.15) is 10.6 Å². The van der Waals surface area contributed by atoms with Gasteiger partial charge in [0.2, 0.25) is 0 Å². The van der Waals surface area contributed by atoms with Crippen molar-refractivity contribution in [1.82, 2.24) is 0 Å². The average Bonchev–Trinajstić information content (AvgIpc) is 3.05. The number of fused-ring (bicyclic) bond motifs is 1. The Morgan fingerprint density at radius 2 is 2.00 bits per heavy atom. The van der Waals surface area contributed by atoms with Gasteiger partial charge < -0.3 is 9.84 Å². The molecule has 0 amide bonds. The number of aliphatic hydroxyl groups is 1. The second-order valence-corrected chi connectivity index (χ2v) is 5.86. The Hall–Kier alpha value is -2.73. The summed E-state index contributed by atoms with van der Waals surface area (Å²) in [5.74, 6) is -0.856. The molecular formula is C17H13NO4S. The zero-order valence-electron chi connectivity index (χ0n) is 12.5. The van der Waals surface area contributed by atoms with E-state index in [4.69, 9.17) is 4.74 Å². The lowest BCUT2D eigenvalue weighted by molar-refractivity contribution is 0.0607. The molecule has 2 aromatic rings. The van der Waals surface area contributed by atoms with Gasteiger partial charge in [-0.3, -0.25) is 9.79 Å². The topological polar surface area (TPSA) is 76.0 Å². The van der Waals surface area contributed by atoms with Crippen LogP contribution in [-0.2, 0) is 4.74 Å². The summed E-state index contributed by atoms with van der Waals surface area (Å²) in [5.41, 5.74) is 2.31. The molecule has 0 fully saturated rings. The van der Waals surface area contributed by atoms with E-state index in [0.717, 1.165) is 5.56 Å². The highest BCUT2D eigenvalue weighted by Crippen LogP contribution is 2.33. The van der Waals surface area contributed by atoms with E-state index in [9.17, 15) is 14.7 Å². The number of carbonyl (C=O) groups excluding carboxylic acids is 2. The quantitative estimate of drug-likeness (QED) is 0.689. The monoisotopic (exact) mass is 327 g/mol. The molecule has 1 aliphatic rings. The smallest absolute Gasteiger partial charge is 0.350 e. The van der Waals surface area contributed by atoms with Gasteiger partial charge in [0.25, 0.3) is 0 Å². The zero-order chi connectivity index (χ0) is 16.6. The Kier molecular flexibility index (Phi) is 3.83. The summed E-state index contributed by atoms with van der Waals surface area (Å²) in [6, 6.07) is 6.83. The van der Waals surface area contributed by atoms with Crippen molar-refractivity contribution in [2.75, 3.05) is 7.11 Å². The molecule has 0 unspecified atom stereocenters. The highest BCUT2D eigenvalue weighted by atomic mass is 32.1. The number of ether oxygens (including phenoxy) is 1. The van der Waals surface area contributed by atoms with Gasteiger partial charge in [-0.2, -0.15) is 0 Å². The van der Waals surface area contributed by atoms with Crippen LogP contribution in [-0.4, -0.2) is 30.2 Å². The Morgan fingerprint density at radius 3 is 2.65 bits per heavy atom. The number of ketones is 1. The first kappa shape index (κ1) is 15.2. The standard InChI is InChI=1S/C17H13NO4S/c1-9-8-23-16(17(21)22-2)13(9)18-7-12-14(19)10-5-3-4-6-11(10)15(12)20/h3-8,19H,1-2H3. The van der Waals surface area contributed by atoms with E-state index in [2.05, 4.69) is 4.99 Å². The first-order chi connectivity index (χ1) is 11.0. The van der Waals surface area contributed by atoms with Crippen LogP contribution >= 0.6 is 11.3 Å². The summed E-state index contributed by atoms with van der Waals surface area (Å²) in [7, 11) is 1.30. The number of Topliss-reactive ketones (excluding diaryl/α,β-unsaturated/α-hetero) is 1. The molecule has 0 aliphatic heterocycles. The first-order valence-corrected chi connectivity index (χ1v) is 7.70. The predicted octanol–water partition coefficient (Wildman–Crippen LogP) is 3.71. The number of aliphatic imine (C=N–C) groups is 1. The Morgan fingerprint density at radius 1 is 1.30 bits per heavy atom. The minimum absolute atomic E-state index is 0.0955. The van der Waals surface area contributed by atoms with Crippen molar-refractivity contribution in [3.8, 4) is 0 Å². The summed E-state index contributed by atoms with van der Waals surface area (Å²) in [6.45, 7) is 1.81. The number of aliphatic hydroxyl groups excluding tert-OH is 1. The van der Waals surface area contributed by atoms with Crippen molar-refractivity contribution in [2.45, 2.75) is 6.92 Å². The van der Waals surface area contributed by atoms with Crippen LogP contribution in [0.2, 0.25) is 0 Å². The number of allylic oxidation sites excluding steroid dienone is 1. The molecule has 0 saturated heterocycles. The van der Waals surface area contributed by atoms with E-state index in [1.54, 1.807) is 29.6 Å². The molecule has 0 spiro atoms. The van der Waals surface area contributed by atoms with Crippen LogP contribution in [0.3, 0.4) is 0 Å². The lowest BCUT2D eigenvalue weighted by Gasteiger charge is -1.99. The van der Waals surface area contributed by atoms with Crippen molar-refractivity contribution >= 4 is 40.8 Å². The normalized spacial score (nSPS) is 13.7. The number of hydrogen-bond donors (Lipinski definition) is 1. The van der Waals surface area contributed by atoms with E-state index in [-0.39, 0.29) is 17.1 Å². The van der Waals surface area contributed by atoms with Gasteiger partial charge in [-0.05, 0) is 17.9 Å². The van der Waals surface area contributed by atoms with E-state index in [1.807, 2.05) is 6.92 Å². The van der Waals surface area contributed by atoms with Gasteiger partial charge in [0, 0.05) is 17.3 Å². The minimum Gasteiger partial charge on any atom is -0.506 e. The van der Waals surface area contributed by atoms with Crippen molar-refractivity contribution in [1.29, 1.82) is 0 Å². The maximum Gasteiger partial charge on any atom is 0.350 e. The molecule has 1 heterocycles. The number of benzene rings is 1. The Balaban J connectivity index is 2.00. The molecule has 6 heteroatoms. The van der Waals surface area contributed by atoms with Crippen LogP contribution in [0, 0.1) is 6.92 Å². The number of methoxy groups -OCH3 is 1. The largest absolute Gasteiger partial charge is 0.506 e. The van der Waals surface area contributed by atoms with Crippen molar-refractivity contribution < 1.29 is 19.4 Å². The number of carbonyl (C=O) groups is 2. The van der Waals surface area contributed by atoms with E-state index >= 15 is 0 Å². The van der Waals surface area contributed by atoms with E-state index in [1.165, 1.54) is 24.7 Å². The van der Waals surface area contributed by atoms with Crippen LogP contribution in [0.1, 0.15) is 31.2 Å². The molecule has 5 nitrogen and oxygen atoms in total. The lowest BCUT2D eigenvalue weighted by Crippen LogP contribution is -2.01. The van der Waals surface area contributed by atoms with E-state index in [0.29, 0.717) is 21.7 Å². The highest BCUT2D eigenvalue weighted by Gasteiger charge is 2.28. The highest BCUT2D eigenvalue weighted by molar-refractivity contribution is 7.12. The minimum atomic E-state index is -0.477. The zero-order valence-corrected chi connectivity index (χ0v) is 13.3. The number of hydrogen-bond acceptors (Lipinski definition) is 6. The molecular weight excluding hydrogens is 314 g/mol. The van der Waals surface area contributed by atoms with Crippen LogP contribution in [0.5, 0.6) is 0 Å². The molecule has 0 saturated carbocycles. The second kappa shape index (κ2) is 5.81. The van der Waals surface area contributed by atoms with Gasteiger partial charge in [-0.1, -0.05) is 24.3 Å². The summed E-state index contributed by atoms with van der Waals surface area (Å²) in [6.07, 6.45) is 1.30. The molecule has 23 heavy (non-hydrogen) atoms. The van der Waals surface area contributed by atoms with Crippen LogP contribution in [0.4, 0.5) is 5.69 Å². The fraction of sp³-hybridized carbons (Fsp3) is 0.118. The predicted molar refractivity (Wildman–Crippen MR) is 88.9 cm³/mol. The van der Waals surface area contributed by atoms with Crippen LogP contribution in [0.15, 0.2) is 40.2 Å². The van der Waals surface area contributed by atoms with Crippen LogP contribution in [0.25, 0.3) is 5.76 Å². The van der Waals surface area contributed by atoms with Gasteiger partial charge in [-0.25, -0.2) is 4.79 Å². The van der Waals surface area contributed by atoms with Crippen molar-refractivity contribution in [3.63, 3.8) is 0 Å². The molecule has 1 aromatic heterocycles. The number of esters is 1. The fourth-order valence-corrected chi connectivity index (χ4v) is 3.28. The van der Waals surface area contributed by atoms with Gasteiger partial charge >= 0.3 is 5.97 Å². The second-order valence-electron chi connectivity index (χ2n) is 4.98. The maximum atomic E-state index is 12.3. The maximum absolute atomic E-state index is 12.3. The summed E-state index contributed by atoms with van der Waals surface area (Å²) in [4.78, 5) is 28.7. The number of aryl methyl sites for hydroxylation is 1. The number of thiophene rings is 1. The summed E-state index contributed by atoms with van der Waals surface area (Å²) < 4.78 is 4.72. The summed E-state index contributed by atoms with van der Waals surface area (Å²) in [5, 5.41) is 12.0. The third-order valence-corrected chi connectivity index (χ3v) is 4.63. The third-order valence-electron chi connectivity index (χ3n) is 3.56. The molecule has 3 rings (SSSR count). The van der Waals surface area contributed by atoms with Crippen LogP contribution < -0.4 is 0 Å². The van der Waals surface area contributed by atoms with Crippen molar-refractivity contribution in [3.05, 3.63) is 56.8 Å². The third kappa shape index (κ3) is 2.47. The Bertz CT molecular complexity index is 876. The summed E-state index contributed by atoms with van der Waals surface area (Å²) >= 11 is 1.23. The number of nitrogens with zero attached hydrogens (tertiary/aromatic N) is 1. The molecule has 1 N–H and O–H groups in total. The number of rotatable bonds is 3. The molecule has 116 valence electrons. The van der Waals surface area contributed by atoms with Gasteiger partial charge in [0.05, 0.1) is 18.4 Å². The Labute approximate surface area is 136 Å². The lowest BCUT2D eigenvalue weighted by atomic mass is 10.1. The fourth-order valence-electron chi connectivity index (χ4n) is 2.37. The SMILES string of the molecule is COC(=O)c1scc(C)c1N=CC1=C(O)c2ccccc2C1=O. The first-order valence-electron chi connectivity index (χ1n) is 6.82. The van der Waals surface area contributed by atoms with Gasteiger partial charge in [-0.15, -0.1) is 11.3 Å². The molecule has 0 atom stereocenters. The van der Waals surface area contributed by atoms with E-state index < -0.39 is 5.97 Å².